The van der Waals surface area contributed by atoms with E-state index < -0.39 is 29.7 Å². The van der Waals surface area contributed by atoms with E-state index in [2.05, 4.69) is 5.32 Å². The molecule has 0 radical (unpaired) electrons. The highest BCUT2D eigenvalue weighted by atomic mass is 32.1. The van der Waals surface area contributed by atoms with Gasteiger partial charge in [-0.2, -0.15) is 13.2 Å². The van der Waals surface area contributed by atoms with E-state index >= 15 is 0 Å². The summed E-state index contributed by atoms with van der Waals surface area (Å²) in [7, 11) is 0. The molecule has 0 spiro atoms. The van der Waals surface area contributed by atoms with Gasteiger partial charge in [-0.25, -0.2) is 4.79 Å². The van der Waals surface area contributed by atoms with Gasteiger partial charge in [0.05, 0.1) is 5.56 Å². The Kier molecular flexibility index (Phi) is 5.05. The Bertz CT molecular complexity index is 698. The molecule has 0 bridgehead atoms. The molecule has 1 amide bonds. The van der Waals surface area contributed by atoms with Crippen LogP contribution in [0.4, 0.5) is 18.9 Å². The van der Waals surface area contributed by atoms with Gasteiger partial charge in [0.15, 0.2) is 6.10 Å². The van der Waals surface area contributed by atoms with Crippen molar-refractivity contribution < 1.29 is 27.5 Å². The lowest BCUT2D eigenvalue weighted by atomic mass is 10.2. The molecule has 1 aromatic heterocycles. The minimum absolute atomic E-state index is 0.0242. The van der Waals surface area contributed by atoms with E-state index in [1.165, 1.54) is 19.1 Å². The van der Waals surface area contributed by atoms with Crippen LogP contribution >= 0.6 is 11.3 Å². The first-order valence-electron chi connectivity index (χ1n) is 6.50. The summed E-state index contributed by atoms with van der Waals surface area (Å²) in [4.78, 5) is 24.0. The number of amides is 1. The summed E-state index contributed by atoms with van der Waals surface area (Å²) >= 11 is 1.16. The van der Waals surface area contributed by atoms with Crippen molar-refractivity contribution >= 4 is 28.9 Å². The molecule has 1 heterocycles. The van der Waals surface area contributed by atoms with Crippen LogP contribution in [0.25, 0.3) is 0 Å². The molecule has 8 heteroatoms. The average molecular weight is 343 g/mol. The molecule has 0 aliphatic carbocycles. The van der Waals surface area contributed by atoms with Crippen molar-refractivity contribution in [1.82, 2.24) is 0 Å². The van der Waals surface area contributed by atoms with Crippen LogP contribution in [0.3, 0.4) is 0 Å². The van der Waals surface area contributed by atoms with E-state index in [1.54, 1.807) is 17.5 Å². The Morgan fingerprint density at radius 1 is 1.22 bits per heavy atom. The highest BCUT2D eigenvalue weighted by molar-refractivity contribution is 7.11. The minimum atomic E-state index is -4.50. The van der Waals surface area contributed by atoms with Crippen LogP contribution in [0.2, 0.25) is 0 Å². The Labute approximate surface area is 133 Å². The van der Waals surface area contributed by atoms with Crippen LogP contribution in [0.5, 0.6) is 0 Å². The van der Waals surface area contributed by atoms with Gasteiger partial charge in [-0.15, -0.1) is 11.3 Å². The molecule has 1 N–H and O–H groups in total. The number of halogens is 3. The van der Waals surface area contributed by atoms with Gasteiger partial charge >= 0.3 is 12.1 Å². The van der Waals surface area contributed by atoms with E-state index in [4.69, 9.17) is 4.74 Å². The van der Waals surface area contributed by atoms with Crippen LogP contribution in [0.15, 0.2) is 41.8 Å². The van der Waals surface area contributed by atoms with Crippen molar-refractivity contribution in [1.29, 1.82) is 0 Å². The van der Waals surface area contributed by atoms with E-state index in [1.807, 2.05) is 0 Å². The second-order valence-corrected chi connectivity index (χ2v) is 5.54. The zero-order valence-corrected chi connectivity index (χ0v) is 12.7. The lowest BCUT2D eigenvalue weighted by molar-refractivity contribution is -0.137. The number of hydrogen-bond donors (Lipinski definition) is 1. The molecule has 0 aliphatic heterocycles. The fourth-order valence-electron chi connectivity index (χ4n) is 1.68. The van der Waals surface area contributed by atoms with Crippen molar-refractivity contribution in [3.63, 3.8) is 0 Å². The maximum absolute atomic E-state index is 12.6. The summed E-state index contributed by atoms with van der Waals surface area (Å²) in [5.74, 6) is -1.37. The van der Waals surface area contributed by atoms with Crippen LogP contribution in [0, 0.1) is 0 Å². The largest absolute Gasteiger partial charge is 0.448 e. The number of anilines is 1. The number of thiophene rings is 1. The monoisotopic (exact) mass is 343 g/mol. The summed E-state index contributed by atoms with van der Waals surface area (Å²) in [5.41, 5.74) is -0.901. The summed E-state index contributed by atoms with van der Waals surface area (Å²) in [6, 6.07) is 7.42. The molecule has 23 heavy (non-hydrogen) atoms. The SMILES string of the molecule is C[C@H](OC(=O)c1cccs1)C(=O)Nc1cccc(C(F)(F)F)c1. The predicted molar refractivity (Wildman–Crippen MR) is 79.3 cm³/mol. The standard InChI is InChI=1S/C15H12F3NO3S/c1-9(22-14(21)12-6-3-7-23-12)13(20)19-11-5-2-4-10(8-11)15(16,17)18/h2-9H,1H3,(H,19,20)/t9-/m0/s1. The third-order valence-electron chi connectivity index (χ3n) is 2.83. The van der Waals surface area contributed by atoms with Crippen LogP contribution in [0.1, 0.15) is 22.2 Å². The molecule has 2 aromatic rings. The minimum Gasteiger partial charge on any atom is -0.448 e. The van der Waals surface area contributed by atoms with E-state index in [-0.39, 0.29) is 5.69 Å². The molecule has 1 atom stereocenters. The van der Waals surface area contributed by atoms with E-state index in [9.17, 15) is 22.8 Å². The van der Waals surface area contributed by atoms with E-state index in [0.717, 1.165) is 23.5 Å². The first-order chi connectivity index (χ1) is 10.8. The quantitative estimate of drug-likeness (QED) is 0.855. The topological polar surface area (TPSA) is 55.4 Å². The van der Waals surface area contributed by atoms with Gasteiger partial charge in [-0.3, -0.25) is 4.79 Å². The van der Waals surface area contributed by atoms with Crippen LogP contribution in [-0.2, 0) is 15.7 Å². The number of benzene rings is 1. The number of carbonyl (C=O) groups is 2. The van der Waals surface area contributed by atoms with Gasteiger partial charge in [0.2, 0.25) is 0 Å². The van der Waals surface area contributed by atoms with Gasteiger partial charge in [0, 0.05) is 5.69 Å². The van der Waals surface area contributed by atoms with Crippen molar-refractivity contribution in [2.45, 2.75) is 19.2 Å². The maximum Gasteiger partial charge on any atom is 0.416 e. The zero-order chi connectivity index (χ0) is 17.0. The predicted octanol–water partition coefficient (Wildman–Crippen LogP) is 3.95. The van der Waals surface area contributed by atoms with Gasteiger partial charge in [0.1, 0.15) is 4.88 Å². The smallest absolute Gasteiger partial charge is 0.416 e. The normalized spacial score (nSPS) is 12.5. The molecular weight excluding hydrogens is 331 g/mol. The van der Waals surface area contributed by atoms with Crippen molar-refractivity contribution in [3.8, 4) is 0 Å². The Balaban J connectivity index is 2.00. The molecule has 0 fully saturated rings. The highest BCUT2D eigenvalue weighted by Crippen LogP contribution is 2.30. The molecule has 0 saturated heterocycles. The highest BCUT2D eigenvalue weighted by Gasteiger charge is 2.30. The fourth-order valence-corrected chi connectivity index (χ4v) is 2.29. The molecule has 1 aromatic carbocycles. The van der Waals surface area contributed by atoms with Crippen molar-refractivity contribution in [2.75, 3.05) is 5.32 Å². The summed E-state index contributed by atoms with van der Waals surface area (Å²) in [6.45, 7) is 1.34. The zero-order valence-electron chi connectivity index (χ0n) is 11.9. The molecule has 122 valence electrons. The number of carbonyl (C=O) groups excluding carboxylic acids is 2. The molecular formula is C15H12F3NO3S. The van der Waals surface area contributed by atoms with Crippen molar-refractivity contribution in [2.24, 2.45) is 0 Å². The Morgan fingerprint density at radius 3 is 2.57 bits per heavy atom. The second kappa shape index (κ2) is 6.82. The van der Waals surface area contributed by atoms with Gasteiger partial charge in [0.25, 0.3) is 5.91 Å². The first kappa shape index (κ1) is 17.0. The molecule has 0 aliphatic rings. The van der Waals surface area contributed by atoms with Gasteiger partial charge < -0.3 is 10.1 Å². The molecule has 0 unspecified atom stereocenters. The van der Waals surface area contributed by atoms with Gasteiger partial charge in [-0.1, -0.05) is 12.1 Å². The second-order valence-electron chi connectivity index (χ2n) is 4.59. The number of nitrogens with one attached hydrogen (secondary N) is 1. The number of esters is 1. The molecule has 2 rings (SSSR count). The third-order valence-corrected chi connectivity index (χ3v) is 3.68. The van der Waals surface area contributed by atoms with Crippen LogP contribution in [-0.4, -0.2) is 18.0 Å². The summed E-state index contributed by atoms with van der Waals surface area (Å²) < 4.78 is 42.8. The fraction of sp³-hybridized carbons (Fsp3) is 0.200. The summed E-state index contributed by atoms with van der Waals surface area (Å²) in [5, 5.41) is 3.98. The van der Waals surface area contributed by atoms with Crippen molar-refractivity contribution in [3.05, 3.63) is 52.2 Å². The van der Waals surface area contributed by atoms with Gasteiger partial charge in [-0.05, 0) is 36.6 Å². The third kappa shape index (κ3) is 4.56. The molecule has 4 nitrogen and oxygen atoms in total. The van der Waals surface area contributed by atoms with E-state index in [0.29, 0.717) is 4.88 Å². The lowest BCUT2D eigenvalue weighted by Gasteiger charge is -2.14. The first-order valence-corrected chi connectivity index (χ1v) is 7.38. The number of ether oxygens (including phenoxy) is 1. The molecule has 0 saturated carbocycles. The van der Waals surface area contributed by atoms with Crippen LogP contribution < -0.4 is 5.32 Å². The maximum atomic E-state index is 12.6. The number of hydrogen-bond acceptors (Lipinski definition) is 4. The number of alkyl halides is 3. The average Bonchev–Trinajstić information content (AvgIpc) is 3.00. The summed E-state index contributed by atoms with van der Waals surface area (Å²) in [6.07, 6.45) is -5.64. The number of rotatable bonds is 4. The lowest BCUT2D eigenvalue weighted by Crippen LogP contribution is -2.29. The Morgan fingerprint density at radius 2 is 1.96 bits per heavy atom. The Hall–Kier alpha value is -2.35.